The molecule has 0 saturated heterocycles. The lowest BCUT2D eigenvalue weighted by molar-refractivity contribution is -0.151. The maximum absolute atomic E-state index is 12.8. The number of nitrogens with one attached hydrogen (secondary N) is 1. The summed E-state index contributed by atoms with van der Waals surface area (Å²) < 4.78 is 22.7. The molecule has 66 heavy (non-hydrogen) atoms. The Bertz CT molecular complexity index is 1170. The highest BCUT2D eigenvalue weighted by atomic mass is 16.6. The molecule has 0 bridgehead atoms. The van der Waals surface area contributed by atoms with Crippen LogP contribution in [0.25, 0.3) is 0 Å². The zero-order valence-corrected chi connectivity index (χ0v) is 44.0. The highest BCUT2D eigenvalue weighted by molar-refractivity contribution is 5.70. The second-order valence-electron chi connectivity index (χ2n) is 19.2. The molecule has 1 amide bonds. The number of ether oxygens (including phenoxy) is 4. The first-order valence-corrected chi connectivity index (χ1v) is 27.9. The maximum Gasteiger partial charge on any atom is 0.407 e. The second-order valence-corrected chi connectivity index (χ2v) is 19.2. The lowest BCUT2D eigenvalue weighted by atomic mass is 9.86. The Kier molecular flexibility index (Phi) is 46.5. The second kappa shape index (κ2) is 48.6. The van der Waals surface area contributed by atoms with Crippen LogP contribution in [0.5, 0.6) is 0 Å². The molecule has 9 heteroatoms. The molecule has 9 nitrogen and oxygen atoms in total. The molecule has 0 aliphatic heterocycles. The summed E-state index contributed by atoms with van der Waals surface area (Å²) in [6, 6.07) is 0. The fraction of sp³-hybridized carbons (Fsp3) is 0.860. The third kappa shape index (κ3) is 42.5. The SMILES string of the molecule is CCCCC/C=C\C/C=C\CCCCCCCC(=O)OCC(COC(=O)CCCCCC(=O)OC(CCCCCCCC)CCCCCCCC)COC(=O)NCCC(C)C(CC)CCC. The van der Waals surface area contributed by atoms with Gasteiger partial charge in [0.25, 0.3) is 0 Å². The molecule has 0 aromatic carbocycles. The molecule has 0 aliphatic rings. The Morgan fingerprint density at radius 2 is 0.894 bits per heavy atom. The number of hydrogen-bond acceptors (Lipinski definition) is 8. The molecule has 0 aliphatic carbocycles. The van der Waals surface area contributed by atoms with Gasteiger partial charge >= 0.3 is 24.0 Å². The van der Waals surface area contributed by atoms with Crippen molar-refractivity contribution in [1.29, 1.82) is 0 Å². The van der Waals surface area contributed by atoms with E-state index in [2.05, 4.69) is 71.2 Å². The number of rotatable bonds is 48. The first-order chi connectivity index (χ1) is 32.2. The summed E-state index contributed by atoms with van der Waals surface area (Å²) in [5.74, 6) is -0.110. The van der Waals surface area contributed by atoms with Crippen LogP contribution in [-0.4, -0.2) is 56.5 Å². The van der Waals surface area contributed by atoms with E-state index in [1.165, 1.54) is 96.3 Å². The van der Waals surface area contributed by atoms with Gasteiger partial charge in [-0.2, -0.15) is 0 Å². The van der Waals surface area contributed by atoms with Gasteiger partial charge in [0.15, 0.2) is 0 Å². The Labute approximate surface area is 406 Å². The Morgan fingerprint density at radius 1 is 0.455 bits per heavy atom. The van der Waals surface area contributed by atoms with Crippen LogP contribution in [0.2, 0.25) is 0 Å². The van der Waals surface area contributed by atoms with Gasteiger partial charge in [0.05, 0.1) is 5.92 Å². The third-order valence-corrected chi connectivity index (χ3v) is 12.9. The predicted octanol–water partition coefficient (Wildman–Crippen LogP) is 16.4. The van der Waals surface area contributed by atoms with Crippen molar-refractivity contribution in [3.63, 3.8) is 0 Å². The van der Waals surface area contributed by atoms with Gasteiger partial charge in [-0.05, 0) is 95.3 Å². The molecular formula is C57H105NO8. The molecule has 0 radical (unpaired) electrons. The van der Waals surface area contributed by atoms with Gasteiger partial charge in [-0.25, -0.2) is 4.79 Å². The number of unbranched alkanes of at least 4 members (excludes halogenated alkanes) is 20. The molecular weight excluding hydrogens is 827 g/mol. The first-order valence-electron chi connectivity index (χ1n) is 27.9. The van der Waals surface area contributed by atoms with E-state index in [9.17, 15) is 19.2 Å². The predicted molar refractivity (Wildman–Crippen MR) is 276 cm³/mol. The molecule has 0 rings (SSSR count). The van der Waals surface area contributed by atoms with Gasteiger partial charge in [-0.15, -0.1) is 0 Å². The average Bonchev–Trinajstić information content (AvgIpc) is 3.31. The van der Waals surface area contributed by atoms with E-state index in [4.69, 9.17) is 18.9 Å². The summed E-state index contributed by atoms with van der Waals surface area (Å²) in [5, 5.41) is 2.87. The van der Waals surface area contributed by atoms with Crippen LogP contribution >= 0.6 is 0 Å². The van der Waals surface area contributed by atoms with Gasteiger partial charge in [-0.3, -0.25) is 14.4 Å². The number of allylic oxidation sites excluding steroid dienone is 4. The lowest BCUT2D eigenvalue weighted by Gasteiger charge is -2.22. The number of hydrogen-bond donors (Lipinski definition) is 1. The smallest absolute Gasteiger partial charge is 0.407 e. The van der Waals surface area contributed by atoms with Crippen LogP contribution < -0.4 is 5.32 Å². The summed E-state index contributed by atoms with van der Waals surface area (Å²) in [7, 11) is 0. The summed E-state index contributed by atoms with van der Waals surface area (Å²) in [5.41, 5.74) is 0. The van der Waals surface area contributed by atoms with Crippen LogP contribution in [0.4, 0.5) is 4.79 Å². The maximum atomic E-state index is 12.8. The molecule has 0 spiro atoms. The quantitative estimate of drug-likeness (QED) is 0.0277. The highest BCUT2D eigenvalue weighted by Crippen LogP contribution is 2.23. The van der Waals surface area contributed by atoms with E-state index in [1.807, 2.05) is 0 Å². The topological polar surface area (TPSA) is 117 Å². The van der Waals surface area contributed by atoms with Crippen molar-refractivity contribution in [2.45, 2.75) is 272 Å². The van der Waals surface area contributed by atoms with E-state index < -0.39 is 12.0 Å². The van der Waals surface area contributed by atoms with Gasteiger partial charge in [0.1, 0.15) is 25.9 Å². The molecule has 3 unspecified atom stereocenters. The molecule has 0 fully saturated rings. The summed E-state index contributed by atoms with van der Waals surface area (Å²) in [4.78, 5) is 50.9. The van der Waals surface area contributed by atoms with E-state index in [-0.39, 0.29) is 50.3 Å². The van der Waals surface area contributed by atoms with Crippen LogP contribution in [0, 0.1) is 17.8 Å². The van der Waals surface area contributed by atoms with Crippen LogP contribution in [0.3, 0.4) is 0 Å². The molecule has 0 saturated carbocycles. The van der Waals surface area contributed by atoms with Crippen molar-refractivity contribution < 1.29 is 38.1 Å². The molecule has 0 aromatic heterocycles. The van der Waals surface area contributed by atoms with Crippen molar-refractivity contribution in [3.8, 4) is 0 Å². The highest BCUT2D eigenvalue weighted by Gasteiger charge is 2.20. The number of amides is 1. The van der Waals surface area contributed by atoms with Gasteiger partial charge < -0.3 is 24.3 Å². The molecule has 0 heterocycles. The van der Waals surface area contributed by atoms with Crippen LogP contribution in [0.15, 0.2) is 24.3 Å². The van der Waals surface area contributed by atoms with Crippen molar-refractivity contribution in [2.24, 2.45) is 17.8 Å². The monoisotopic (exact) mass is 932 g/mol. The van der Waals surface area contributed by atoms with E-state index in [0.717, 1.165) is 96.3 Å². The standard InChI is InChI=1S/C57H105NO8/c1-7-12-15-18-21-22-23-24-25-26-27-28-29-32-36-42-54(59)63-47-51(49-65-57(62)58-46-45-50(6)52(11-5)39-10-4)48-64-55(60)43-37-33-38-44-56(61)66-53(40-34-30-19-16-13-8-2)41-35-31-20-17-14-9-3/h21-22,24-25,50-53H,7-20,23,26-49H2,1-6H3,(H,58,62)/b22-21-,25-24-. The number of carbonyl (C=O) groups is 4. The van der Waals surface area contributed by atoms with Gasteiger partial charge in [-0.1, -0.05) is 188 Å². The van der Waals surface area contributed by atoms with Gasteiger partial charge in [0, 0.05) is 25.8 Å². The fourth-order valence-corrected chi connectivity index (χ4v) is 8.46. The van der Waals surface area contributed by atoms with Crippen LogP contribution in [-0.2, 0) is 33.3 Å². The minimum atomic E-state index is -0.520. The minimum absolute atomic E-state index is 0.00493. The molecule has 0 aromatic rings. The third-order valence-electron chi connectivity index (χ3n) is 12.9. The van der Waals surface area contributed by atoms with E-state index >= 15 is 0 Å². The lowest BCUT2D eigenvalue weighted by Crippen LogP contribution is -2.31. The van der Waals surface area contributed by atoms with Crippen LogP contribution in [0.1, 0.15) is 266 Å². The van der Waals surface area contributed by atoms with Gasteiger partial charge in [0.2, 0.25) is 0 Å². The largest absolute Gasteiger partial charge is 0.465 e. The number of esters is 3. The summed E-state index contributed by atoms with van der Waals surface area (Å²) >= 11 is 0. The molecule has 1 N–H and O–H groups in total. The zero-order chi connectivity index (χ0) is 48.6. The number of carbonyl (C=O) groups excluding carboxylic acids is 4. The average molecular weight is 932 g/mol. The summed E-state index contributed by atoms with van der Waals surface area (Å²) in [6.07, 6.45) is 44.7. The summed E-state index contributed by atoms with van der Waals surface area (Å²) in [6.45, 7) is 13.9. The molecule has 3 atom stereocenters. The van der Waals surface area contributed by atoms with Crippen molar-refractivity contribution >= 4 is 24.0 Å². The van der Waals surface area contributed by atoms with E-state index in [1.54, 1.807) is 0 Å². The normalized spacial score (nSPS) is 13.0. The Hall–Kier alpha value is -2.84. The first kappa shape index (κ1) is 63.2. The van der Waals surface area contributed by atoms with Crippen molar-refractivity contribution in [3.05, 3.63) is 24.3 Å². The van der Waals surface area contributed by atoms with Crippen molar-refractivity contribution in [1.82, 2.24) is 5.32 Å². The molecule has 386 valence electrons. The minimum Gasteiger partial charge on any atom is -0.465 e. The Balaban J connectivity index is 4.79. The fourth-order valence-electron chi connectivity index (χ4n) is 8.46. The van der Waals surface area contributed by atoms with Crippen molar-refractivity contribution in [2.75, 3.05) is 26.4 Å². The Morgan fingerprint density at radius 3 is 1.42 bits per heavy atom. The number of alkyl carbamates (subject to hydrolysis) is 1. The zero-order valence-electron chi connectivity index (χ0n) is 44.0. The van der Waals surface area contributed by atoms with E-state index in [0.29, 0.717) is 44.1 Å².